The van der Waals surface area contributed by atoms with E-state index in [0.717, 1.165) is 25.7 Å². The number of hydrogen-bond donors (Lipinski definition) is 1. The van der Waals surface area contributed by atoms with Crippen molar-refractivity contribution in [2.75, 3.05) is 13.7 Å². The molecule has 0 aromatic heterocycles. The lowest BCUT2D eigenvalue weighted by Crippen LogP contribution is -2.53. The molecule has 0 radical (unpaired) electrons. The molecule has 0 aromatic rings. The standard InChI is InChI=1S/C16H30N2O2/c1-5-12(3)18(4)14-9-10-16(11-14,15(19)20-6-2)17-13-7-8-13/h12-14,17H,5-11H2,1-4H3. The van der Waals surface area contributed by atoms with Crippen molar-refractivity contribution in [3.8, 4) is 0 Å². The van der Waals surface area contributed by atoms with Crippen LogP contribution in [0.1, 0.15) is 59.3 Å². The Balaban J connectivity index is 2.04. The molecule has 2 aliphatic carbocycles. The normalized spacial score (nSPS) is 31.6. The first-order chi connectivity index (χ1) is 9.52. The van der Waals surface area contributed by atoms with E-state index in [-0.39, 0.29) is 5.97 Å². The van der Waals surface area contributed by atoms with Gasteiger partial charge in [0.15, 0.2) is 0 Å². The monoisotopic (exact) mass is 282 g/mol. The first-order valence-electron chi connectivity index (χ1n) is 8.19. The van der Waals surface area contributed by atoms with Gasteiger partial charge in [0.1, 0.15) is 5.54 Å². The van der Waals surface area contributed by atoms with Crippen LogP contribution in [-0.4, -0.2) is 48.2 Å². The Morgan fingerprint density at radius 1 is 1.40 bits per heavy atom. The second-order valence-electron chi connectivity index (χ2n) is 6.54. The van der Waals surface area contributed by atoms with E-state index in [9.17, 15) is 4.79 Å². The number of carbonyl (C=O) groups excluding carboxylic acids is 1. The Morgan fingerprint density at radius 2 is 2.10 bits per heavy atom. The van der Waals surface area contributed by atoms with Crippen LogP contribution in [0, 0.1) is 0 Å². The van der Waals surface area contributed by atoms with Gasteiger partial charge in [-0.3, -0.25) is 10.1 Å². The highest BCUT2D eigenvalue weighted by Crippen LogP contribution is 2.37. The number of ether oxygens (including phenoxy) is 1. The van der Waals surface area contributed by atoms with Gasteiger partial charge in [0.05, 0.1) is 6.61 Å². The number of hydrogen-bond acceptors (Lipinski definition) is 4. The molecule has 0 heterocycles. The number of esters is 1. The number of nitrogens with zero attached hydrogens (tertiary/aromatic N) is 1. The van der Waals surface area contributed by atoms with E-state index in [0.29, 0.717) is 24.7 Å². The first-order valence-corrected chi connectivity index (χ1v) is 8.19. The highest BCUT2D eigenvalue weighted by atomic mass is 16.5. The summed E-state index contributed by atoms with van der Waals surface area (Å²) in [6, 6.07) is 1.59. The third-order valence-corrected chi connectivity index (χ3v) is 5.07. The second-order valence-corrected chi connectivity index (χ2v) is 6.54. The highest BCUT2D eigenvalue weighted by molar-refractivity contribution is 5.81. The van der Waals surface area contributed by atoms with Crippen molar-refractivity contribution in [2.45, 2.75) is 83.0 Å². The molecule has 0 aromatic carbocycles. The third-order valence-electron chi connectivity index (χ3n) is 5.07. The Labute approximate surface area is 123 Å². The number of nitrogens with one attached hydrogen (secondary N) is 1. The zero-order chi connectivity index (χ0) is 14.8. The molecule has 0 spiro atoms. The molecule has 2 rings (SSSR count). The third kappa shape index (κ3) is 3.34. The van der Waals surface area contributed by atoms with Crippen LogP contribution in [0.4, 0.5) is 0 Å². The van der Waals surface area contributed by atoms with Crippen molar-refractivity contribution in [3.63, 3.8) is 0 Å². The minimum Gasteiger partial charge on any atom is -0.465 e. The van der Waals surface area contributed by atoms with Crippen LogP contribution in [0.25, 0.3) is 0 Å². The smallest absolute Gasteiger partial charge is 0.326 e. The molecule has 2 fully saturated rings. The molecule has 0 aliphatic heterocycles. The fourth-order valence-corrected chi connectivity index (χ4v) is 3.28. The van der Waals surface area contributed by atoms with Crippen LogP contribution in [-0.2, 0) is 9.53 Å². The lowest BCUT2D eigenvalue weighted by atomic mass is 9.96. The molecule has 0 amide bonds. The Bertz CT molecular complexity index is 343. The van der Waals surface area contributed by atoms with Crippen molar-refractivity contribution in [1.82, 2.24) is 10.2 Å². The minimum absolute atomic E-state index is 0.0352. The van der Waals surface area contributed by atoms with Gasteiger partial charge in [0.2, 0.25) is 0 Å². The summed E-state index contributed by atoms with van der Waals surface area (Å²) in [5.41, 5.74) is -0.427. The number of carbonyl (C=O) groups is 1. The van der Waals surface area contributed by atoms with E-state index < -0.39 is 5.54 Å². The van der Waals surface area contributed by atoms with Gasteiger partial charge in [-0.25, -0.2) is 0 Å². The molecule has 2 saturated carbocycles. The summed E-state index contributed by atoms with van der Waals surface area (Å²) >= 11 is 0. The molecule has 4 heteroatoms. The Hall–Kier alpha value is -0.610. The van der Waals surface area contributed by atoms with Crippen molar-refractivity contribution in [2.24, 2.45) is 0 Å². The minimum atomic E-state index is -0.427. The fourth-order valence-electron chi connectivity index (χ4n) is 3.28. The average molecular weight is 282 g/mol. The summed E-state index contributed by atoms with van der Waals surface area (Å²) in [5, 5.41) is 3.59. The molecule has 0 bridgehead atoms. The molecular weight excluding hydrogens is 252 g/mol. The van der Waals surface area contributed by atoms with Crippen LogP contribution in [0.2, 0.25) is 0 Å². The van der Waals surface area contributed by atoms with Crippen LogP contribution in [0.3, 0.4) is 0 Å². The van der Waals surface area contributed by atoms with E-state index in [1.165, 1.54) is 12.8 Å². The SMILES string of the molecule is CCOC(=O)C1(NC2CC2)CCC(N(C)C(C)CC)C1. The van der Waals surface area contributed by atoms with E-state index in [4.69, 9.17) is 4.74 Å². The summed E-state index contributed by atoms with van der Waals surface area (Å²) in [5.74, 6) is -0.0352. The molecule has 2 aliphatic rings. The van der Waals surface area contributed by atoms with E-state index in [1.807, 2.05) is 6.92 Å². The molecule has 4 nitrogen and oxygen atoms in total. The molecule has 3 unspecified atom stereocenters. The van der Waals surface area contributed by atoms with Crippen molar-refractivity contribution < 1.29 is 9.53 Å². The first kappa shape index (κ1) is 15.8. The predicted molar refractivity (Wildman–Crippen MR) is 80.7 cm³/mol. The van der Waals surface area contributed by atoms with Gasteiger partial charge in [-0.1, -0.05) is 6.92 Å². The maximum atomic E-state index is 12.4. The molecule has 20 heavy (non-hydrogen) atoms. The molecular formula is C16H30N2O2. The predicted octanol–water partition coefficient (Wildman–Crippen LogP) is 2.32. The molecule has 0 saturated heterocycles. The van der Waals surface area contributed by atoms with Crippen molar-refractivity contribution in [1.29, 1.82) is 0 Å². The lowest BCUT2D eigenvalue weighted by Gasteiger charge is -2.33. The van der Waals surface area contributed by atoms with Gasteiger partial charge in [0, 0.05) is 18.1 Å². The van der Waals surface area contributed by atoms with Crippen LogP contribution in [0.5, 0.6) is 0 Å². The summed E-state index contributed by atoms with van der Waals surface area (Å²) in [6.45, 7) is 6.84. The zero-order valence-corrected chi connectivity index (χ0v) is 13.4. The molecule has 116 valence electrons. The summed E-state index contributed by atoms with van der Waals surface area (Å²) < 4.78 is 5.35. The second kappa shape index (κ2) is 6.44. The summed E-state index contributed by atoms with van der Waals surface area (Å²) in [6.07, 6.45) is 6.44. The van der Waals surface area contributed by atoms with Crippen molar-refractivity contribution in [3.05, 3.63) is 0 Å². The number of rotatable bonds is 7. The maximum Gasteiger partial charge on any atom is 0.326 e. The fraction of sp³-hybridized carbons (Fsp3) is 0.938. The van der Waals surface area contributed by atoms with E-state index >= 15 is 0 Å². The Kier molecular flexibility index (Phi) is 5.08. The summed E-state index contributed by atoms with van der Waals surface area (Å²) in [7, 11) is 2.19. The topological polar surface area (TPSA) is 41.6 Å². The van der Waals surface area contributed by atoms with Gasteiger partial charge < -0.3 is 9.64 Å². The Morgan fingerprint density at radius 3 is 2.65 bits per heavy atom. The quantitative estimate of drug-likeness (QED) is 0.728. The van der Waals surface area contributed by atoms with Crippen LogP contribution < -0.4 is 5.32 Å². The molecule has 1 N–H and O–H groups in total. The lowest BCUT2D eigenvalue weighted by molar-refractivity contribution is -0.151. The van der Waals surface area contributed by atoms with E-state index in [1.54, 1.807) is 0 Å². The van der Waals surface area contributed by atoms with Gasteiger partial charge in [-0.05, 0) is 59.4 Å². The zero-order valence-electron chi connectivity index (χ0n) is 13.4. The maximum absolute atomic E-state index is 12.4. The van der Waals surface area contributed by atoms with E-state index in [2.05, 4.69) is 31.1 Å². The highest BCUT2D eigenvalue weighted by Gasteiger charge is 2.50. The average Bonchev–Trinajstić information content (AvgIpc) is 3.14. The van der Waals surface area contributed by atoms with Gasteiger partial charge in [-0.15, -0.1) is 0 Å². The van der Waals surface area contributed by atoms with Crippen LogP contribution in [0.15, 0.2) is 0 Å². The summed E-state index contributed by atoms with van der Waals surface area (Å²) in [4.78, 5) is 14.9. The van der Waals surface area contributed by atoms with Gasteiger partial charge >= 0.3 is 5.97 Å². The van der Waals surface area contributed by atoms with Crippen molar-refractivity contribution >= 4 is 5.97 Å². The van der Waals surface area contributed by atoms with Gasteiger partial charge in [-0.2, -0.15) is 0 Å². The van der Waals surface area contributed by atoms with Gasteiger partial charge in [0.25, 0.3) is 0 Å². The largest absolute Gasteiger partial charge is 0.465 e. The molecule has 3 atom stereocenters. The van der Waals surface area contributed by atoms with Crippen LogP contribution >= 0.6 is 0 Å².